The Morgan fingerprint density at radius 2 is 0.630 bits per heavy atom. The zero-order valence-corrected chi connectivity index (χ0v) is 64.4. The molecule has 1 aromatic heterocycles. The van der Waals surface area contributed by atoms with Crippen molar-refractivity contribution in [3.05, 3.63) is 337 Å². The second-order valence-corrected chi connectivity index (χ2v) is 34.5. The van der Waals surface area contributed by atoms with Gasteiger partial charge >= 0.3 is 0 Å². The Morgan fingerprint density at radius 1 is 0.259 bits per heavy atom. The van der Waals surface area contributed by atoms with Crippen molar-refractivity contribution < 1.29 is 17.8 Å². The number of nitrogens with zero attached hydrogens (tertiary/aromatic N) is 3. The number of hydrogen-bond acceptors (Lipinski definition) is 2. The van der Waals surface area contributed by atoms with Crippen LogP contribution in [0, 0.1) is 0 Å². The quantitative estimate of drug-likeness (QED) is 0.126. The van der Waals surface area contributed by atoms with Crippen LogP contribution in [-0.4, -0.2) is 11.3 Å². The van der Waals surface area contributed by atoms with Gasteiger partial charge in [-0.15, -0.1) is 0 Å². The van der Waals surface area contributed by atoms with Crippen molar-refractivity contribution in [1.29, 1.82) is 0 Å². The van der Waals surface area contributed by atoms with Crippen molar-refractivity contribution in [2.75, 3.05) is 9.80 Å². The van der Waals surface area contributed by atoms with Crippen LogP contribution in [0.25, 0.3) is 105 Å². The van der Waals surface area contributed by atoms with E-state index in [1.807, 2.05) is 48.5 Å². The van der Waals surface area contributed by atoms with Gasteiger partial charge in [-0.2, -0.15) is 0 Å². The van der Waals surface area contributed by atoms with Crippen LogP contribution in [0.5, 0.6) is 0 Å². The molecule has 530 valence electrons. The van der Waals surface area contributed by atoms with Crippen molar-refractivity contribution in [3.63, 3.8) is 0 Å². The minimum atomic E-state index is -0.791. The highest BCUT2D eigenvalue weighted by atomic mass is 15.2. The lowest BCUT2D eigenvalue weighted by atomic mass is 9.33. The molecule has 2 aliphatic rings. The summed E-state index contributed by atoms with van der Waals surface area (Å²) >= 11 is 0. The Morgan fingerprint density at radius 3 is 1.06 bits per heavy atom. The van der Waals surface area contributed by atoms with Crippen LogP contribution in [0.3, 0.4) is 0 Å². The fraction of sp³-hybridized carbons (Fsp3) is 0.192. The van der Waals surface area contributed by atoms with Crippen molar-refractivity contribution in [2.45, 2.75) is 131 Å². The van der Waals surface area contributed by atoms with E-state index in [9.17, 15) is 16.4 Å². The summed E-state index contributed by atoms with van der Waals surface area (Å²) in [5, 5.41) is -0.112. The SMILES string of the molecule is [2H]c1c([2H])c([2H])c(-c2ccc3c(c2)B2c4ccc(-n5c6c([2H])c([2H])c([2H])c([2H])c6c6c([2H])c([2H])c([2H])c([2H])c65)cc4N(c4c(-c5ccccc5)cc(C(C)(C)C)cc4-c4cc(-c5ccccc5)cc(C(C)(C)C)c4)c4cc(C(C)(C)C)cc(c42)N3c2c(-c3ccccc3)cc(C(C)(C)C)cc2-c2cc(-c3ccccc3)cc(C(C)(C)C)c2)c([2H])c1[2H]. The van der Waals surface area contributed by atoms with Gasteiger partial charge in [0.05, 0.1) is 40.2 Å². The average Bonchev–Trinajstić information content (AvgIpc) is 1.48. The highest BCUT2D eigenvalue weighted by Crippen LogP contribution is 2.56. The molecule has 0 saturated heterocycles. The first-order valence-corrected chi connectivity index (χ1v) is 37.7. The molecule has 0 atom stereocenters. The summed E-state index contributed by atoms with van der Waals surface area (Å²) in [4.78, 5) is 4.86. The fourth-order valence-corrected chi connectivity index (χ4v) is 16.0. The summed E-state index contributed by atoms with van der Waals surface area (Å²) in [5.74, 6) is 0. The van der Waals surface area contributed by atoms with E-state index in [2.05, 4.69) is 296 Å². The third-order valence-corrected chi connectivity index (χ3v) is 22.0. The summed E-state index contributed by atoms with van der Waals surface area (Å²) in [6.45, 7) is 32.9. The Labute approximate surface area is 659 Å². The van der Waals surface area contributed by atoms with Gasteiger partial charge in [-0.3, -0.25) is 0 Å². The maximum absolute atomic E-state index is 9.98. The van der Waals surface area contributed by atoms with Gasteiger partial charge in [0.15, 0.2) is 0 Å². The van der Waals surface area contributed by atoms with Gasteiger partial charge in [0.2, 0.25) is 0 Å². The molecule has 108 heavy (non-hydrogen) atoms. The highest BCUT2D eigenvalue weighted by Gasteiger charge is 2.47. The predicted octanol–water partition coefficient (Wildman–Crippen LogP) is 27.0. The standard InChI is InChI=1S/C104H96BN3/c1-100(2,3)77-55-73(68-37-23-17-24-38-68)53-75(57-77)87-62-79(102(7,8)9)60-85(70-41-27-19-28-42-70)98(87)107-93-52-49-72(67-35-21-16-22-36-67)59-90(93)105-89-51-50-82(106-91-47-33-31-45-83(91)84-46-32-34-48-92(84)106)66-94(89)108(96-65-81(104(13,14)15)64-95(107)97(96)105)99-86(71-43-29-20-30-44-71)61-80(103(10,11)12)63-88(99)76-54-74(69-39-25-18-26-40-69)56-78(58-76)101(4,5)6/h16-66H,1-15H3/i16D,21D,22D,31D,32D,33D,34D,35D,36D,45D,46D,47D,48D. The third-order valence-electron chi connectivity index (χ3n) is 22.0. The van der Waals surface area contributed by atoms with Gasteiger partial charge in [-0.1, -0.05) is 334 Å². The summed E-state index contributed by atoms with van der Waals surface area (Å²) < 4.78 is 125. The lowest BCUT2D eigenvalue weighted by Crippen LogP contribution is -2.61. The van der Waals surface area contributed by atoms with Crippen molar-refractivity contribution in [3.8, 4) is 83.6 Å². The molecule has 0 unspecified atom stereocenters. The van der Waals surface area contributed by atoms with E-state index in [4.69, 9.17) is 1.37 Å². The molecule has 15 aromatic rings. The van der Waals surface area contributed by atoms with Crippen molar-refractivity contribution in [2.24, 2.45) is 0 Å². The van der Waals surface area contributed by atoms with Crippen LogP contribution >= 0.6 is 0 Å². The van der Waals surface area contributed by atoms with E-state index in [1.54, 1.807) is 4.57 Å². The average molecular weight is 1410 g/mol. The predicted molar refractivity (Wildman–Crippen MR) is 466 cm³/mol. The van der Waals surface area contributed by atoms with E-state index >= 15 is 0 Å². The molecule has 0 bridgehead atoms. The molecule has 2 aliphatic heterocycles. The van der Waals surface area contributed by atoms with Crippen LogP contribution in [0.15, 0.2) is 309 Å². The van der Waals surface area contributed by atoms with Gasteiger partial charge in [0.25, 0.3) is 6.71 Å². The van der Waals surface area contributed by atoms with E-state index in [0.29, 0.717) is 16.9 Å². The first-order valence-electron chi connectivity index (χ1n) is 44.2. The number of aromatic nitrogens is 1. The number of para-hydroxylation sites is 2. The minimum Gasteiger partial charge on any atom is -0.310 e. The number of fused-ring (bicyclic) bond motifs is 7. The number of hydrogen-bond donors (Lipinski definition) is 0. The van der Waals surface area contributed by atoms with Gasteiger partial charge in [0, 0.05) is 61.5 Å². The first-order chi connectivity index (χ1) is 57.1. The molecule has 0 spiro atoms. The highest BCUT2D eigenvalue weighted by molar-refractivity contribution is 7.00. The molecule has 0 fully saturated rings. The second kappa shape index (κ2) is 26.2. The van der Waals surface area contributed by atoms with Crippen LogP contribution in [0.1, 0.15) is 149 Å². The topological polar surface area (TPSA) is 11.4 Å². The fourth-order valence-electron chi connectivity index (χ4n) is 16.0. The lowest BCUT2D eigenvalue weighted by Gasteiger charge is -2.47. The van der Waals surface area contributed by atoms with Crippen molar-refractivity contribution >= 4 is 79.0 Å². The Balaban J connectivity index is 1.12. The molecule has 0 N–H and O–H groups in total. The van der Waals surface area contributed by atoms with E-state index in [0.717, 1.165) is 139 Å². The van der Waals surface area contributed by atoms with E-state index in [1.165, 1.54) is 0 Å². The lowest BCUT2D eigenvalue weighted by molar-refractivity contribution is 0.589. The maximum atomic E-state index is 9.98. The zero-order chi connectivity index (χ0) is 86.2. The Bertz CT molecular complexity index is 6720. The Kier molecular flexibility index (Phi) is 13.6. The maximum Gasteiger partial charge on any atom is 0.252 e. The summed E-state index contributed by atoms with van der Waals surface area (Å²) in [7, 11) is 0. The molecule has 0 aliphatic carbocycles. The number of anilines is 6. The van der Waals surface area contributed by atoms with Gasteiger partial charge in [0.1, 0.15) is 0 Å². The van der Waals surface area contributed by atoms with Crippen LogP contribution in [0.2, 0.25) is 0 Å². The summed E-state index contributed by atoms with van der Waals surface area (Å²) in [5.41, 5.74) is 22.4. The molecule has 0 amide bonds. The van der Waals surface area contributed by atoms with E-state index < -0.39 is 89.4 Å². The smallest absolute Gasteiger partial charge is 0.252 e. The minimum absolute atomic E-state index is 0.0269. The molecule has 4 heteroatoms. The molecular weight excluding hydrogens is 1300 g/mol. The molecule has 14 aromatic carbocycles. The van der Waals surface area contributed by atoms with Gasteiger partial charge in [-0.25, -0.2) is 0 Å². The van der Waals surface area contributed by atoms with Gasteiger partial charge < -0.3 is 14.4 Å². The molecule has 17 rings (SSSR count). The molecular formula is C104H96BN3. The number of benzene rings is 14. The summed E-state index contributed by atoms with van der Waals surface area (Å²) in [6, 6.07) is 76.0. The molecule has 3 nitrogen and oxygen atoms in total. The summed E-state index contributed by atoms with van der Waals surface area (Å²) in [6.07, 6.45) is 0. The largest absolute Gasteiger partial charge is 0.310 e. The van der Waals surface area contributed by atoms with Crippen LogP contribution in [-0.2, 0) is 27.1 Å². The molecule has 0 saturated carbocycles. The normalized spacial score (nSPS) is 14.8. The van der Waals surface area contributed by atoms with Crippen LogP contribution < -0.4 is 26.2 Å². The van der Waals surface area contributed by atoms with Gasteiger partial charge in [-0.05, 0) is 206 Å². The molecule has 0 radical (unpaired) electrons. The van der Waals surface area contributed by atoms with E-state index in [-0.39, 0.29) is 50.3 Å². The third kappa shape index (κ3) is 12.4. The monoisotopic (exact) mass is 1410 g/mol. The number of rotatable bonds is 10. The molecule has 3 heterocycles. The van der Waals surface area contributed by atoms with Crippen LogP contribution in [0.4, 0.5) is 34.1 Å². The first kappa shape index (κ1) is 55.9. The van der Waals surface area contributed by atoms with Crippen molar-refractivity contribution in [1.82, 2.24) is 4.57 Å². The Hall–Kier alpha value is -11.5. The second-order valence-electron chi connectivity index (χ2n) is 34.5. The zero-order valence-electron chi connectivity index (χ0n) is 77.4.